The van der Waals surface area contributed by atoms with Gasteiger partial charge in [0.15, 0.2) is 11.9 Å². The van der Waals surface area contributed by atoms with E-state index in [1.54, 1.807) is 12.1 Å². The van der Waals surface area contributed by atoms with Gasteiger partial charge in [-0.3, -0.25) is 23.9 Å². The molecule has 4 rings (SSSR count). The van der Waals surface area contributed by atoms with Gasteiger partial charge >= 0.3 is 5.69 Å². The van der Waals surface area contributed by atoms with Crippen LogP contribution in [0.2, 0.25) is 0 Å². The Balaban J connectivity index is 1.38. The number of anilines is 1. The molecule has 1 fully saturated rings. The summed E-state index contributed by atoms with van der Waals surface area (Å²) >= 11 is 3.42. The van der Waals surface area contributed by atoms with Gasteiger partial charge in [-0.05, 0) is 56.0 Å². The summed E-state index contributed by atoms with van der Waals surface area (Å²) in [6.07, 6.45) is 1.26. The molecule has 12 heteroatoms. The number of ether oxygens (including phenoxy) is 3. The number of benzene rings is 1. The van der Waals surface area contributed by atoms with Crippen molar-refractivity contribution in [1.82, 2.24) is 9.55 Å². The third-order valence-electron chi connectivity index (χ3n) is 5.74. The Morgan fingerprint density at radius 1 is 1.26 bits per heavy atom. The van der Waals surface area contributed by atoms with E-state index in [0.717, 1.165) is 10.0 Å². The van der Waals surface area contributed by atoms with Crippen LogP contribution >= 0.6 is 15.9 Å². The van der Waals surface area contributed by atoms with Crippen LogP contribution in [0.3, 0.4) is 0 Å². The van der Waals surface area contributed by atoms with Crippen molar-refractivity contribution < 1.29 is 23.8 Å². The van der Waals surface area contributed by atoms with Crippen LogP contribution in [0, 0.1) is 6.92 Å². The third-order valence-corrected chi connectivity index (χ3v) is 6.63. The number of rotatable bonds is 7. The fourth-order valence-electron chi connectivity index (χ4n) is 3.98. The van der Waals surface area contributed by atoms with E-state index < -0.39 is 47.8 Å². The maximum atomic E-state index is 12.7. The quantitative estimate of drug-likeness (QED) is 0.476. The number of aromatic amines is 1. The van der Waals surface area contributed by atoms with Crippen molar-refractivity contribution in [3.05, 3.63) is 73.2 Å². The normalized spacial score (nSPS) is 22.7. The van der Waals surface area contributed by atoms with E-state index in [2.05, 4.69) is 26.2 Å². The van der Waals surface area contributed by atoms with Crippen molar-refractivity contribution >= 4 is 33.4 Å². The van der Waals surface area contributed by atoms with Crippen LogP contribution in [0.15, 0.2) is 56.4 Å². The number of allylic oxidation sites excluding steroid dienone is 1. The largest absolute Gasteiger partial charge is 0.459 e. The van der Waals surface area contributed by atoms with Gasteiger partial charge in [-0.1, -0.05) is 15.9 Å². The summed E-state index contributed by atoms with van der Waals surface area (Å²) in [7, 11) is 0. The molecule has 186 valence electrons. The second-order valence-corrected chi connectivity index (χ2v) is 9.15. The average molecular weight is 549 g/mol. The van der Waals surface area contributed by atoms with E-state index in [-0.39, 0.29) is 5.76 Å². The molecule has 0 aliphatic carbocycles. The molecule has 35 heavy (non-hydrogen) atoms. The van der Waals surface area contributed by atoms with Crippen molar-refractivity contribution in [3.8, 4) is 0 Å². The number of hydrogen-bond donors (Lipinski definition) is 3. The molecule has 2 unspecified atom stereocenters. The third kappa shape index (κ3) is 5.89. The van der Waals surface area contributed by atoms with Gasteiger partial charge in [0.2, 0.25) is 12.2 Å². The lowest BCUT2D eigenvalue weighted by molar-refractivity contribution is -0.194. The monoisotopic (exact) mass is 548 g/mol. The highest BCUT2D eigenvalue weighted by atomic mass is 79.9. The van der Waals surface area contributed by atoms with Gasteiger partial charge in [-0.2, -0.15) is 0 Å². The number of nitrogens with zero attached hydrogens (tertiary/aromatic N) is 1. The van der Waals surface area contributed by atoms with Gasteiger partial charge < -0.3 is 25.3 Å². The van der Waals surface area contributed by atoms with Crippen molar-refractivity contribution in [2.45, 2.75) is 57.3 Å². The number of primary amides is 1. The molecule has 2 aliphatic rings. The van der Waals surface area contributed by atoms with Crippen LogP contribution in [-0.2, 0) is 23.8 Å². The zero-order valence-corrected chi connectivity index (χ0v) is 20.4. The number of carbonyl (C=O) groups is 2. The maximum Gasteiger partial charge on any atom is 0.330 e. The smallest absolute Gasteiger partial charge is 0.330 e. The van der Waals surface area contributed by atoms with E-state index >= 15 is 0 Å². The number of H-pyrrole nitrogens is 1. The van der Waals surface area contributed by atoms with Gasteiger partial charge in [0.25, 0.3) is 11.5 Å². The van der Waals surface area contributed by atoms with Crippen molar-refractivity contribution in [3.63, 3.8) is 0 Å². The van der Waals surface area contributed by atoms with Crippen LogP contribution < -0.4 is 22.3 Å². The van der Waals surface area contributed by atoms with E-state index in [0.29, 0.717) is 31.4 Å². The highest BCUT2D eigenvalue weighted by molar-refractivity contribution is 9.10. The first-order valence-corrected chi connectivity index (χ1v) is 11.9. The Hall–Kier alpha value is -3.22. The predicted molar refractivity (Wildman–Crippen MR) is 128 cm³/mol. The number of nitrogens with one attached hydrogen (secondary N) is 2. The lowest BCUT2D eigenvalue weighted by Gasteiger charge is -2.29. The highest BCUT2D eigenvalue weighted by Crippen LogP contribution is 2.31. The standard InChI is InChI=1S/C23H25BrN4O7/c1-12-11-13(5-6-14(12)24)26-22(31)16-3-2-4-19(34-16)35-20(21(25)30)15-7-8-18(33-15)28-10-9-17(29)27-23(28)32/h3,5-6,9-11,15,18-20H,2,4,7-8H2,1H3,(H2,25,30)(H,26,31)(H,27,29,32)/t15?,18-,19-,20?/m1/s1. The van der Waals surface area contributed by atoms with Gasteiger partial charge in [-0.15, -0.1) is 0 Å². The second-order valence-electron chi connectivity index (χ2n) is 8.29. The van der Waals surface area contributed by atoms with E-state index in [1.807, 2.05) is 19.1 Å². The average Bonchev–Trinajstić information content (AvgIpc) is 3.29. The van der Waals surface area contributed by atoms with E-state index in [4.69, 9.17) is 19.9 Å². The molecule has 2 amide bonds. The van der Waals surface area contributed by atoms with Gasteiger partial charge in [0.1, 0.15) is 6.23 Å². The summed E-state index contributed by atoms with van der Waals surface area (Å²) < 4.78 is 19.6. The van der Waals surface area contributed by atoms with Crippen LogP contribution in [0.5, 0.6) is 0 Å². The Morgan fingerprint density at radius 3 is 2.77 bits per heavy atom. The summed E-state index contributed by atoms with van der Waals surface area (Å²) in [6.45, 7) is 1.91. The molecule has 0 bridgehead atoms. The molecule has 1 saturated heterocycles. The van der Waals surface area contributed by atoms with Crippen LogP contribution in [0.25, 0.3) is 0 Å². The first kappa shape index (κ1) is 24.9. The zero-order chi connectivity index (χ0) is 25.1. The molecule has 1 aromatic carbocycles. The number of amides is 2. The van der Waals surface area contributed by atoms with Crippen LogP contribution in [0.4, 0.5) is 5.69 Å². The lowest BCUT2D eigenvalue weighted by Crippen LogP contribution is -2.44. The van der Waals surface area contributed by atoms with Gasteiger partial charge in [0, 0.05) is 28.8 Å². The molecule has 4 N–H and O–H groups in total. The summed E-state index contributed by atoms with van der Waals surface area (Å²) in [4.78, 5) is 50.4. The fraction of sp³-hybridized carbons (Fsp3) is 0.391. The SMILES string of the molecule is Cc1cc(NC(=O)C2=CCC[C@@H](OC(C(N)=O)C3CC[C@H](n4ccc(=O)[nH]c4=O)O3)O2)ccc1Br. The van der Waals surface area contributed by atoms with Gasteiger partial charge in [-0.25, -0.2) is 4.79 Å². The number of aromatic nitrogens is 2. The van der Waals surface area contributed by atoms with Crippen LogP contribution in [0.1, 0.15) is 37.5 Å². The second kappa shape index (κ2) is 10.6. The zero-order valence-electron chi connectivity index (χ0n) is 18.9. The first-order valence-electron chi connectivity index (χ1n) is 11.1. The molecular formula is C23H25BrN4O7. The molecule has 1 aromatic heterocycles. The Morgan fingerprint density at radius 2 is 2.06 bits per heavy atom. The molecule has 2 aromatic rings. The minimum absolute atomic E-state index is 0.0788. The lowest BCUT2D eigenvalue weighted by atomic mass is 10.1. The maximum absolute atomic E-state index is 12.7. The fourth-order valence-corrected chi connectivity index (χ4v) is 4.23. The number of aryl methyl sites for hydroxylation is 1. The summed E-state index contributed by atoms with van der Waals surface area (Å²) in [5.41, 5.74) is 6.02. The minimum atomic E-state index is -1.15. The number of hydrogen-bond acceptors (Lipinski definition) is 7. The highest BCUT2D eigenvalue weighted by Gasteiger charge is 2.39. The summed E-state index contributed by atoms with van der Waals surface area (Å²) in [5, 5.41) is 2.78. The Kier molecular flexibility index (Phi) is 7.53. The summed E-state index contributed by atoms with van der Waals surface area (Å²) in [5.74, 6) is -1.11. The van der Waals surface area contributed by atoms with Crippen molar-refractivity contribution in [2.24, 2.45) is 5.73 Å². The van der Waals surface area contributed by atoms with Crippen molar-refractivity contribution in [1.29, 1.82) is 0 Å². The molecule has 2 aliphatic heterocycles. The molecule has 0 spiro atoms. The molecule has 3 heterocycles. The molecule has 4 atom stereocenters. The van der Waals surface area contributed by atoms with Crippen LogP contribution in [-0.4, -0.2) is 39.9 Å². The van der Waals surface area contributed by atoms with E-state index in [9.17, 15) is 19.2 Å². The number of halogens is 1. The molecule has 11 nitrogen and oxygen atoms in total. The predicted octanol–water partition coefficient (Wildman–Crippen LogP) is 1.81. The number of nitrogens with two attached hydrogens (primary N) is 1. The molecule has 0 saturated carbocycles. The van der Waals surface area contributed by atoms with Gasteiger partial charge in [0.05, 0.1) is 6.10 Å². The number of carbonyl (C=O) groups excluding carboxylic acids is 2. The van der Waals surface area contributed by atoms with E-state index in [1.165, 1.54) is 16.8 Å². The Labute approximate surface area is 208 Å². The Bertz CT molecular complexity index is 1270. The molecule has 0 radical (unpaired) electrons. The first-order chi connectivity index (χ1) is 16.7. The summed E-state index contributed by atoms with van der Waals surface area (Å²) in [6, 6.07) is 6.63. The van der Waals surface area contributed by atoms with Crippen molar-refractivity contribution in [2.75, 3.05) is 5.32 Å². The molecular weight excluding hydrogens is 524 g/mol. The topological polar surface area (TPSA) is 155 Å². The minimum Gasteiger partial charge on any atom is -0.459 e.